The number of para-hydroxylation sites is 1. The van der Waals surface area contributed by atoms with Crippen molar-refractivity contribution in [2.75, 3.05) is 31.6 Å². The number of ether oxygens (including phenoxy) is 1. The van der Waals surface area contributed by atoms with Crippen LogP contribution in [0, 0.1) is 5.92 Å². The monoisotopic (exact) mass is 370 g/mol. The van der Waals surface area contributed by atoms with Gasteiger partial charge in [0.05, 0.1) is 12.5 Å². The first kappa shape index (κ1) is 18.0. The molecule has 1 aliphatic carbocycles. The summed E-state index contributed by atoms with van der Waals surface area (Å²) in [6.07, 6.45) is 5.93. The van der Waals surface area contributed by atoms with E-state index in [9.17, 15) is 4.79 Å². The molecule has 27 heavy (non-hydrogen) atoms. The van der Waals surface area contributed by atoms with Gasteiger partial charge < -0.3 is 19.5 Å². The Balaban J connectivity index is 1.17. The van der Waals surface area contributed by atoms with Gasteiger partial charge in [0, 0.05) is 31.8 Å². The van der Waals surface area contributed by atoms with Crippen LogP contribution in [0.2, 0.25) is 0 Å². The second kappa shape index (κ2) is 8.52. The summed E-state index contributed by atoms with van der Waals surface area (Å²) in [4.78, 5) is 18.4. The molecule has 2 heterocycles. The Hall–Kier alpha value is -2.41. The minimum atomic E-state index is -0.0995. The summed E-state index contributed by atoms with van der Waals surface area (Å²) in [6.45, 7) is 2.67. The molecule has 1 aromatic heterocycles. The van der Waals surface area contributed by atoms with E-state index in [4.69, 9.17) is 9.26 Å². The zero-order valence-electron chi connectivity index (χ0n) is 15.5. The number of nitrogens with zero attached hydrogens (tertiary/aromatic N) is 3. The van der Waals surface area contributed by atoms with Crippen LogP contribution in [0.5, 0.6) is 0 Å². The maximum atomic E-state index is 12.2. The van der Waals surface area contributed by atoms with Crippen molar-refractivity contribution < 1.29 is 14.1 Å². The molecule has 0 atom stereocenters. The van der Waals surface area contributed by atoms with Crippen molar-refractivity contribution in [1.82, 2.24) is 15.0 Å². The van der Waals surface area contributed by atoms with Gasteiger partial charge in [-0.15, -0.1) is 0 Å². The average molecular weight is 370 g/mol. The van der Waals surface area contributed by atoms with Crippen LogP contribution in [-0.2, 0) is 11.2 Å². The van der Waals surface area contributed by atoms with Gasteiger partial charge >= 0.3 is 6.03 Å². The highest BCUT2D eigenvalue weighted by atomic mass is 16.5. The molecule has 2 fully saturated rings. The zero-order valence-corrected chi connectivity index (χ0v) is 15.5. The van der Waals surface area contributed by atoms with E-state index in [0.29, 0.717) is 37.8 Å². The number of rotatable bonds is 7. The zero-order chi connectivity index (χ0) is 18.5. The molecule has 2 amide bonds. The number of anilines is 1. The molecule has 1 saturated carbocycles. The quantitative estimate of drug-likeness (QED) is 0.755. The van der Waals surface area contributed by atoms with Gasteiger partial charge in [0.25, 0.3) is 0 Å². The van der Waals surface area contributed by atoms with Crippen molar-refractivity contribution in [3.8, 4) is 0 Å². The van der Waals surface area contributed by atoms with Gasteiger partial charge in [-0.2, -0.15) is 4.98 Å². The highest BCUT2D eigenvalue weighted by Crippen LogP contribution is 2.27. The maximum Gasteiger partial charge on any atom is 0.321 e. The minimum absolute atomic E-state index is 0.0995. The number of carbonyl (C=O) groups excluding carboxylic acids is 1. The van der Waals surface area contributed by atoms with E-state index >= 15 is 0 Å². The van der Waals surface area contributed by atoms with Crippen LogP contribution in [0.3, 0.4) is 0 Å². The molecule has 0 spiro atoms. The van der Waals surface area contributed by atoms with Gasteiger partial charge in [0.2, 0.25) is 5.89 Å². The third-order valence-electron chi connectivity index (χ3n) is 5.33. The fourth-order valence-corrected chi connectivity index (χ4v) is 3.65. The van der Waals surface area contributed by atoms with Gasteiger partial charge in [-0.1, -0.05) is 36.2 Å². The van der Waals surface area contributed by atoms with Crippen molar-refractivity contribution in [1.29, 1.82) is 0 Å². The van der Waals surface area contributed by atoms with Crippen LogP contribution in [0.15, 0.2) is 34.9 Å². The van der Waals surface area contributed by atoms with Crippen LogP contribution in [0.4, 0.5) is 10.5 Å². The first-order chi connectivity index (χ1) is 13.3. The summed E-state index contributed by atoms with van der Waals surface area (Å²) in [7, 11) is 0. The number of nitrogens with one attached hydrogen (secondary N) is 1. The predicted octanol–water partition coefficient (Wildman–Crippen LogP) is 3.45. The van der Waals surface area contributed by atoms with E-state index in [-0.39, 0.29) is 11.9 Å². The van der Waals surface area contributed by atoms with Gasteiger partial charge in [0.1, 0.15) is 0 Å². The fourth-order valence-electron chi connectivity index (χ4n) is 3.65. The first-order valence-electron chi connectivity index (χ1n) is 9.79. The number of hydrogen-bond donors (Lipinski definition) is 1. The lowest BCUT2D eigenvalue weighted by molar-refractivity contribution is 0.102. The summed E-state index contributed by atoms with van der Waals surface area (Å²) >= 11 is 0. The Morgan fingerprint density at radius 2 is 2.00 bits per heavy atom. The molecule has 0 radical (unpaired) electrons. The highest BCUT2D eigenvalue weighted by molar-refractivity contribution is 5.89. The smallest absolute Gasteiger partial charge is 0.321 e. The lowest BCUT2D eigenvalue weighted by Gasteiger charge is -2.36. The van der Waals surface area contributed by atoms with Gasteiger partial charge in [-0.05, 0) is 30.9 Å². The third-order valence-corrected chi connectivity index (χ3v) is 5.33. The average Bonchev–Trinajstić information content (AvgIpc) is 3.30. The third kappa shape index (κ3) is 4.66. The van der Waals surface area contributed by atoms with Crippen molar-refractivity contribution in [3.05, 3.63) is 42.0 Å². The summed E-state index contributed by atoms with van der Waals surface area (Å²) in [5.41, 5.74) is 0.795. The second-order valence-corrected chi connectivity index (χ2v) is 7.42. The molecule has 1 saturated heterocycles. The molecule has 1 aromatic carbocycles. The summed E-state index contributed by atoms with van der Waals surface area (Å²) in [5, 5.41) is 6.92. The van der Waals surface area contributed by atoms with Crippen molar-refractivity contribution in [3.63, 3.8) is 0 Å². The molecular formula is C20H26N4O3. The van der Waals surface area contributed by atoms with E-state index in [1.165, 1.54) is 25.7 Å². The van der Waals surface area contributed by atoms with Crippen LogP contribution in [0.1, 0.15) is 43.3 Å². The number of aromatic nitrogens is 2. The predicted molar refractivity (Wildman–Crippen MR) is 101 cm³/mol. The Morgan fingerprint density at radius 1 is 1.22 bits per heavy atom. The van der Waals surface area contributed by atoms with Crippen molar-refractivity contribution in [2.45, 2.75) is 38.0 Å². The summed E-state index contributed by atoms with van der Waals surface area (Å²) < 4.78 is 11.1. The van der Waals surface area contributed by atoms with Gasteiger partial charge in [-0.25, -0.2) is 4.79 Å². The number of hydrogen-bond acceptors (Lipinski definition) is 5. The number of benzene rings is 1. The van der Waals surface area contributed by atoms with Gasteiger partial charge in [-0.3, -0.25) is 0 Å². The molecule has 2 aromatic rings. The SMILES string of the molecule is O=C(Nc1ccccc1)N1CC(c2nc(CCOCC3CCCC3)no2)C1. The van der Waals surface area contributed by atoms with Crippen LogP contribution in [-0.4, -0.2) is 47.4 Å². The largest absolute Gasteiger partial charge is 0.381 e. The summed E-state index contributed by atoms with van der Waals surface area (Å²) in [6, 6.07) is 9.35. The number of carbonyl (C=O) groups is 1. The highest BCUT2D eigenvalue weighted by Gasteiger charge is 2.35. The number of likely N-dealkylation sites (tertiary alicyclic amines) is 1. The van der Waals surface area contributed by atoms with Crippen molar-refractivity contribution >= 4 is 11.7 Å². The maximum absolute atomic E-state index is 12.2. The van der Waals surface area contributed by atoms with Crippen LogP contribution in [0.25, 0.3) is 0 Å². The van der Waals surface area contributed by atoms with E-state index < -0.39 is 0 Å². The standard InChI is InChI=1S/C20H26N4O3/c25-20(21-17-8-2-1-3-9-17)24-12-16(13-24)19-22-18(23-27-19)10-11-26-14-15-6-4-5-7-15/h1-3,8-9,15-16H,4-7,10-14H2,(H,21,25). The van der Waals surface area contributed by atoms with E-state index in [2.05, 4.69) is 15.5 Å². The van der Waals surface area contributed by atoms with Crippen LogP contribution < -0.4 is 5.32 Å². The first-order valence-corrected chi connectivity index (χ1v) is 9.79. The molecule has 0 bridgehead atoms. The Kier molecular flexibility index (Phi) is 5.67. The minimum Gasteiger partial charge on any atom is -0.381 e. The number of urea groups is 1. The molecule has 4 rings (SSSR count). The lowest BCUT2D eigenvalue weighted by Crippen LogP contribution is -2.50. The van der Waals surface area contributed by atoms with E-state index in [1.54, 1.807) is 4.90 Å². The fraction of sp³-hybridized carbons (Fsp3) is 0.550. The number of amides is 2. The molecule has 144 valence electrons. The Bertz CT molecular complexity index is 737. The van der Waals surface area contributed by atoms with E-state index in [1.807, 2.05) is 30.3 Å². The lowest BCUT2D eigenvalue weighted by atomic mass is 10.0. The summed E-state index contributed by atoms with van der Waals surface area (Å²) in [5.74, 6) is 2.15. The normalized spacial score (nSPS) is 17.9. The molecule has 1 N–H and O–H groups in total. The van der Waals surface area contributed by atoms with Gasteiger partial charge in [0.15, 0.2) is 5.82 Å². The molecule has 2 aliphatic rings. The molecule has 7 nitrogen and oxygen atoms in total. The molecule has 7 heteroatoms. The molecule has 0 unspecified atom stereocenters. The second-order valence-electron chi connectivity index (χ2n) is 7.42. The molecule has 1 aliphatic heterocycles. The Labute approximate surface area is 159 Å². The molecular weight excluding hydrogens is 344 g/mol. The van der Waals surface area contributed by atoms with E-state index in [0.717, 1.165) is 18.2 Å². The Morgan fingerprint density at radius 3 is 2.78 bits per heavy atom. The van der Waals surface area contributed by atoms with Crippen molar-refractivity contribution in [2.24, 2.45) is 5.92 Å². The van der Waals surface area contributed by atoms with Crippen LogP contribution >= 0.6 is 0 Å². The topological polar surface area (TPSA) is 80.5 Å².